The van der Waals surface area contributed by atoms with E-state index in [0.717, 1.165) is 13.1 Å². The van der Waals surface area contributed by atoms with E-state index < -0.39 is 10.0 Å². The van der Waals surface area contributed by atoms with E-state index >= 15 is 0 Å². The summed E-state index contributed by atoms with van der Waals surface area (Å²) in [5, 5.41) is 3.04. The molecular formula is C6H14N2O2S. The maximum absolute atomic E-state index is 11.1. The van der Waals surface area contributed by atoms with Crippen LogP contribution in [0.1, 0.15) is 6.92 Å². The summed E-state index contributed by atoms with van der Waals surface area (Å²) in [5.74, 6) is 0. The van der Waals surface area contributed by atoms with Crippen molar-refractivity contribution in [3.05, 3.63) is 0 Å². The molecule has 1 fully saturated rings. The molecular weight excluding hydrogens is 164 g/mol. The summed E-state index contributed by atoms with van der Waals surface area (Å²) in [6.07, 6.45) is 1.26. The summed E-state index contributed by atoms with van der Waals surface area (Å²) in [4.78, 5) is 0. The van der Waals surface area contributed by atoms with Gasteiger partial charge in [0.1, 0.15) is 0 Å². The first-order chi connectivity index (χ1) is 5.05. The second-order valence-electron chi connectivity index (χ2n) is 2.78. The van der Waals surface area contributed by atoms with Crippen LogP contribution in [-0.4, -0.2) is 44.7 Å². The molecule has 5 heteroatoms. The molecule has 0 atom stereocenters. The van der Waals surface area contributed by atoms with Crippen LogP contribution in [0.3, 0.4) is 0 Å². The first kappa shape index (κ1) is 8.96. The Labute approximate surface area is 67.6 Å². The lowest BCUT2D eigenvalue weighted by atomic mass is 10.2. The summed E-state index contributed by atoms with van der Waals surface area (Å²) in [6.45, 7) is 4.02. The van der Waals surface area contributed by atoms with Crippen molar-refractivity contribution in [1.82, 2.24) is 9.62 Å². The third-order valence-corrected chi connectivity index (χ3v) is 3.31. The van der Waals surface area contributed by atoms with Gasteiger partial charge in [0.15, 0.2) is 0 Å². The molecule has 1 heterocycles. The highest BCUT2D eigenvalue weighted by atomic mass is 32.2. The monoisotopic (exact) mass is 178 g/mol. The van der Waals surface area contributed by atoms with Crippen molar-refractivity contribution in [1.29, 1.82) is 0 Å². The fourth-order valence-electron chi connectivity index (χ4n) is 1.24. The third kappa shape index (κ3) is 1.91. The van der Waals surface area contributed by atoms with E-state index in [0.29, 0.717) is 6.54 Å². The molecule has 11 heavy (non-hydrogen) atoms. The SMILES string of the molecule is CCN(C1CNC1)S(C)(=O)=O. The van der Waals surface area contributed by atoms with Crippen molar-refractivity contribution in [3.63, 3.8) is 0 Å². The first-order valence-electron chi connectivity index (χ1n) is 3.73. The number of nitrogens with zero attached hydrogens (tertiary/aromatic N) is 1. The maximum Gasteiger partial charge on any atom is 0.211 e. The average molecular weight is 178 g/mol. The van der Waals surface area contributed by atoms with E-state index in [1.54, 1.807) is 0 Å². The summed E-state index contributed by atoms with van der Waals surface area (Å²) in [7, 11) is -2.98. The zero-order chi connectivity index (χ0) is 8.48. The van der Waals surface area contributed by atoms with Crippen LogP contribution in [-0.2, 0) is 10.0 Å². The predicted molar refractivity (Wildman–Crippen MR) is 43.9 cm³/mol. The minimum atomic E-state index is -2.98. The van der Waals surface area contributed by atoms with Crippen LogP contribution >= 0.6 is 0 Å². The molecule has 1 saturated heterocycles. The van der Waals surface area contributed by atoms with Gasteiger partial charge in [0.2, 0.25) is 10.0 Å². The molecule has 0 aromatic carbocycles. The van der Waals surface area contributed by atoms with E-state index in [9.17, 15) is 8.42 Å². The highest BCUT2D eigenvalue weighted by Crippen LogP contribution is 2.08. The third-order valence-electron chi connectivity index (χ3n) is 1.90. The molecule has 0 saturated carbocycles. The van der Waals surface area contributed by atoms with E-state index in [1.807, 2.05) is 6.92 Å². The van der Waals surface area contributed by atoms with E-state index in [2.05, 4.69) is 5.32 Å². The van der Waals surface area contributed by atoms with Gasteiger partial charge in [0.25, 0.3) is 0 Å². The van der Waals surface area contributed by atoms with E-state index in [1.165, 1.54) is 10.6 Å². The van der Waals surface area contributed by atoms with Crippen LogP contribution < -0.4 is 5.32 Å². The summed E-state index contributed by atoms with van der Waals surface area (Å²) >= 11 is 0. The fraction of sp³-hybridized carbons (Fsp3) is 1.00. The Morgan fingerprint density at radius 2 is 2.09 bits per heavy atom. The second kappa shape index (κ2) is 3.08. The van der Waals surface area contributed by atoms with E-state index in [4.69, 9.17) is 0 Å². The number of likely N-dealkylation sites (N-methyl/N-ethyl adjacent to an activating group) is 1. The van der Waals surface area contributed by atoms with Gasteiger partial charge >= 0.3 is 0 Å². The Kier molecular flexibility index (Phi) is 2.51. The topological polar surface area (TPSA) is 49.4 Å². The molecule has 1 N–H and O–H groups in total. The molecule has 0 aromatic rings. The summed E-state index contributed by atoms with van der Waals surface area (Å²) in [6, 6.07) is 0.190. The van der Waals surface area contributed by atoms with Crippen molar-refractivity contribution < 1.29 is 8.42 Å². The molecule has 0 spiro atoms. The molecule has 66 valence electrons. The Morgan fingerprint density at radius 3 is 2.18 bits per heavy atom. The molecule has 1 rings (SSSR count). The Balaban J connectivity index is 2.63. The Hall–Kier alpha value is -0.130. The van der Waals surface area contributed by atoms with Crippen LogP contribution in [0.15, 0.2) is 0 Å². The van der Waals surface area contributed by atoms with Crippen LogP contribution in [0.2, 0.25) is 0 Å². The molecule has 0 aromatic heterocycles. The lowest BCUT2D eigenvalue weighted by molar-refractivity contribution is 0.251. The molecule has 0 radical (unpaired) electrons. The minimum Gasteiger partial charge on any atom is -0.313 e. The highest BCUT2D eigenvalue weighted by molar-refractivity contribution is 7.88. The molecule has 1 aliphatic heterocycles. The predicted octanol–water partition coefficient (Wildman–Crippen LogP) is -0.760. The van der Waals surface area contributed by atoms with Crippen molar-refractivity contribution >= 4 is 10.0 Å². The average Bonchev–Trinajstić information content (AvgIpc) is 1.74. The van der Waals surface area contributed by atoms with Gasteiger partial charge in [-0.15, -0.1) is 0 Å². The molecule has 4 nitrogen and oxygen atoms in total. The van der Waals surface area contributed by atoms with Crippen LogP contribution in [0, 0.1) is 0 Å². The fourth-order valence-corrected chi connectivity index (χ4v) is 2.40. The van der Waals surface area contributed by atoms with Gasteiger partial charge in [0.05, 0.1) is 6.26 Å². The summed E-state index contributed by atoms with van der Waals surface area (Å²) in [5.41, 5.74) is 0. The lowest BCUT2D eigenvalue weighted by Gasteiger charge is -2.35. The molecule has 0 unspecified atom stereocenters. The van der Waals surface area contributed by atoms with Crippen LogP contribution in [0.5, 0.6) is 0 Å². The van der Waals surface area contributed by atoms with Gasteiger partial charge in [-0.1, -0.05) is 6.92 Å². The number of nitrogens with one attached hydrogen (secondary N) is 1. The van der Waals surface area contributed by atoms with Gasteiger partial charge in [-0.05, 0) is 0 Å². The van der Waals surface area contributed by atoms with Crippen LogP contribution in [0.4, 0.5) is 0 Å². The van der Waals surface area contributed by atoms with E-state index in [-0.39, 0.29) is 6.04 Å². The Bertz CT molecular complexity index is 221. The molecule has 1 aliphatic rings. The zero-order valence-electron chi connectivity index (χ0n) is 6.87. The van der Waals surface area contributed by atoms with Crippen molar-refractivity contribution in [2.24, 2.45) is 0 Å². The smallest absolute Gasteiger partial charge is 0.211 e. The normalized spacial score (nSPS) is 20.3. The van der Waals surface area contributed by atoms with Crippen molar-refractivity contribution in [2.75, 3.05) is 25.9 Å². The minimum absolute atomic E-state index is 0.190. The van der Waals surface area contributed by atoms with Gasteiger partial charge < -0.3 is 5.32 Å². The number of sulfonamides is 1. The zero-order valence-corrected chi connectivity index (χ0v) is 7.69. The van der Waals surface area contributed by atoms with Crippen molar-refractivity contribution in [3.8, 4) is 0 Å². The first-order valence-corrected chi connectivity index (χ1v) is 5.58. The maximum atomic E-state index is 11.1. The summed E-state index contributed by atoms with van der Waals surface area (Å²) < 4.78 is 23.7. The molecule has 0 bridgehead atoms. The highest BCUT2D eigenvalue weighted by Gasteiger charge is 2.29. The quantitative estimate of drug-likeness (QED) is 0.618. The standard InChI is InChI=1S/C6H14N2O2S/c1-3-8(11(2,9)10)6-4-7-5-6/h6-7H,3-5H2,1-2H3. The van der Waals surface area contributed by atoms with Gasteiger partial charge in [-0.25, -0.2) is 8.42 Å². The number of hydrogen-bond acceptors (Lipinski definition) is 3. The van der Waals surface area contributed by atoms with Crippen LogP contribution in [0.25, 0.3) is 0 Å². The molecule has 0 amide bonds. The largest absolute Gasteiger partial charge is 0.313 e. The lowest BCUT2D eigenvalue weighted by Crippen LogP contribution is -2.58. The van der Waals surface area contributed by atoms with Gasteiger partial charge in [-0.3, -0.25) is 0 Å². The Morgan fingerprint density at radius 1 is 1.55 bits per heavy atom. The number of rotatable bonds is 3. The van der Waals surface area contributed by atoms with Gasteiger partial charge in [0, 0.05) is 25.7 Å². The second-order valence-corrected chi connectivity index (χ2v) is 4.71. The van der Waals surface area contributed by atoms with Crippen molar-refractivity contribution in [2.45, 2.75) is 13.0 Å². The number of hydrogen-bond donors (Lipinski definition) is 1. The van der Waals surface area contributed by atoms with Gasteiger partial charge in [-0.2, -0.15) is 4.31 Å². The molecule has 0 aliphatic carbocycles.